The van der Waals surface area contributed by atoms with Crippen LogP contribution in [0.5, 0.6) is 0 Å². The Morgan fingerprint density at radius 2 is 1.84 bits per heavy atom. The van der Waals surface area contributed by atoms with E-state index in [2.05, 4.69) is 10.3 Å². The van der Waals surface area contributed by atoms with E-state index in [9.17, 15) is 28.8 Å². The maximum Gasteiger partial charge on any atom is 0.329 e. The highest BCUT2D eigenvalue weighted by Gasteiger charge is 2.39. The zero-order valence-electron chi connectivity index (χ0n) is 26.4. The molecule has 4 atom stereocenters. The van der Waals surface area contributed by atoms with Gasteiger partial charge in [-0.25, -0.2) is 4.79 Å². The van der Waals surface area contributed by atoms with Gasteiger partial charge < -0.3 is 29.8 Å². The Morgan fingerprint density at radius 1 is 1.13 bits per heavy atom. The van der Waals surface area contributed by atoms with Crippen molar-refractivity contribution < 1.29 is 38.6 Å². The SMILES string of the molecule is CC(=O)C[C@@H](Cc1c[nH]c2ccccc12)C(=O)N[C@@H](CSSC(C)(C)C)C(=O)N1CCC[C@H]1C(=O)OCC(=O)C[C@@H](C)C(=O)O. The number of H-pyrrole nitrogens is 1. The van der Waals surface area contributed by atoms with Crippen molar-refractivity contribution in [2.24, 2.45) is 11.8 Å². The highest BCUT2D eigenvalue weighted by molar-refractivity contribution is 8.77. The van der Waals surface area contributed by atoms with Gasteiger partial charge in [0.25, 0.3) is 0 Å². The third-order valence-corrected chi connectivity index (χ3v) is 10.7. The summed E-state index contributed by atoms with van der Waals surface area (Å²) in [5.41, 5.74) is 1.81. The van der Waals surface area contributed by atoms with Crippen LogP contribution < -0.4 is 5.32 Å². The number of carboxylic acid groups (broad SMARTS) is 1. The highest BCUT2D eigenvalue weighted by atomic mass is 33.1. The molecule has 0 unspecified atom stereocenters. The monoisotopic (exact) mass is 661 g/mol. The minimum absolute atomic E-state index is 0.00330. The number of Topliss-reactive ketones (excluding diaryl/α,β-unsaturated/α-hetero) is 2. The normalized spacial score (nSPS) is 17.0. The number of likely N-dealkylation sites (tertiary alicyclic amines) is 1. The molecule has 246 valence electrons. The molecule has 13 heteroatoms. The number of fused-ring (bicyclic) bond motifs is 1. The van der Waals surface area contributed by atoms with Gasteiger partial charge in [0.05, 0.1) is 5.92 Å². The predicted molar refractivity (Wildman–Crippen MR) is 175 cm³/mol. The summed E-state index contributed by atoms with van der Waals surface area (Å²) >= 11 is 0. The number of amides is 2. The second-order valence-corrected chi connectivity index (χ2v) is 15.7. The summed E-state index contributed by atoms with van der Waals surface area (Å²) in [6, 6.07) is 5.79. The fraction of sp³-hybridized carbons (Fsp3) is 0.562. The Morgan fingerprint density at radius 3 is 2.51 bits per heavy atom. The van der Waals surface area contributed by atoms with Gasteiger partial charge in [-0.3, -0.25) is 19.2 Å². The number of aromatic nitrogens is 1. The minimum atomic E-state index is -1.12. The molecule has 0 aliphatic carbocycles. The van der Waals surface area contributed by atoms with Crippen LogP contribution in [0.25, 0.3) is 10.9 Å². The number of benzene rings is 1. The van der Waals surface area contributed by atoms with Crippen LogP contribution in [0.3, 0.4) is 0 Å². The van der Waals surface area contributed by atoms with E-state index in [4.69, 9.17) is 9.84 Å². The lowest BCUT2D eigenvalue weighted by molar-refractivity contribution is -0.156. The number of hydrogen-bond donors (Lipinski definition) is 3. The van der Waals surface area contributed by atoms with Crippen molar-refractivity contribution in [3.8, 4) is 0 Å². The number of hydrogen-bond acceptors (Lipinski definition) is 9. The second-order valence-electron chi connectivity index (χ2n) is 12.5. The molecule has 2 aromatic rings. The summed E-state index contributed by atoms with van der Waals surface area (Å²) < 4.78 is 5.09. The van der Waals surface area contributed by atoms with Crippen LogP contribution in [0.2, 0.25) is 0 Å². The van der Waals surface area contributed by atoms with Gasteiger partial charge in [0, 0.05) is 52.9 Å². The van der Waals surface area contributed by atoms with Gasteiger partial charge in [-0.15, -0.1) is 0 Å². The molecule has 3 rings (SSSR count). The summed E-state index contributed by atoms with van der Waals surface area (Å²) in [6.07, 6.45) is 2.73. The summed E-state index contributed by atoms with van der Waals surface area (Å²) in [7, 11) is 3.00. The van der Waals surface area contributed by atoms with Gasteiger partial charge >= 0.3 is 11.9 Å². The maximum atomic E-state index is 13.9. The topological polar surface area (TPSA) is 163 Å². The lowest BCUT2D eigenvalue weighted by atomic mass is 9.93. The third-order valence-electron chi connectivity index (χ3n) is 7.34. The van der Waals surface area contributed by atoms with E-state index in [1.54, 1.807) is 10.8 Å². The van der Waals surface area contributed by atoms with Gasteiger partial charge in [-0.1, -0.05) is 67.5 Å². The van der Waals surface area contributed by atoms with Crippen LogP contribution in [-0.2, 0) is 39.9 Å². The molecular weight excluding hydrogens is 618 g/mol. The van der Waals surface area contributed by atoms with E-state index in [0.29, 0.717) is 19.3 Å². The number of ketones is 2. The fourth-order valence-electron chi connectivity index (χ4n) is 5.12. The number of para-hydroxylation sites is 1. The van der Waals surface area contributed by atoms with Crippen molar-refractivity contribution in [1.29, 1.82) is 0 Å². The molecule has 2 heterocycles. The van der Waals surface area contributed by atoms with Gasteiger partial charge in [0.15, 0.2) is 5.78 Å². The van der Waals surface area contributed by atoms with Gasteiger partial charge in [0.1, 0.15) is 24.5 Å². The molecule has 11 nitrogen and oxygen atoms in total. The molecule has 1 aromatic heterocycles. The molecule has 0 radical (unpaired) electrons. The van der Waals surface area contributed by atoms with E-state index in [-0.39, 0.29) is 35.7 Å². The molecule has 0 saturated carbocycles. The Kier molecular flexibility index (Phi) is 13.1. The molecule has 45 heavy (non-hydrogen) atoms. The van der Waals surface area contributed by atoms with Crippen molar-refractivity contribution in [1.82, 2.24) is 15.2 Å². The Hall–Kier alpha value is -3.32. The van der Waals surface area contributed by atoms with Crippen LogP contribution in [0, 0.1) is 11.8 Å². The molecule has 0 bridgehead atoms. The first kappa shape index (κ1) is 36.2. The zero-order valence-corrected chi connectivity index (χ0v) is 28.1. The Labute approximate surface area is 271 Å². The Bertz CT molecular complexity index is 1400. The first-order valence-corrected chi connectivity index (χ1v) is 17.3. The van der Waals surface area contributed by atoms with E-state index in [1.807, 2.05) is 51.2 Å². The van der Waals surface area contributed by atoms with Crippen molar-refractivity contribution in [2.45, 2.75) is 83.6 Å². The molecule has 3 N–H and O–H groups in total. The molecule has 0 spiro atoms. The van der Waals surface area contributed by atoms with Gasteiger partial charge in [0.2, 0.25) is 11.8 Å². The molecule has 1 aliphatic rings. The summed E-state index contributed by atoms with van der Waals surface area (Å²) in [4.78, 5) is 80.6. The van der Waals surface area contributed by atoms with Crippen LogP contribution >= 0.6 is 21.6 Å². The summed E-state index contributed by atoms with van der Waals surface area (Å²) in [5.74, 6) is -4.79. The summed E-state index contributed by atoms with van der Waals surface area (Å²) in [6.45, 7) is 8.64. The number of nitrogens with one attached hydrogen (secondary N) is 2. The third kappa shape index (κ3) is 10.9. The van der Waals surface area contributed by atoms with Gasteiger partial charge in [-0.2, -0.15) is 0 Å². The molecular formula is C32H43N3O8S2. The predicted octanol–water partition coefficient (Wildman–Crippen LogP) is 4.18. The van der Waals surface area contributed by atoms with Gasteiger partial charge in [-0.05, 0) is 37.8 Å². The highest BCUT2D eigenvalue weighted by Crippen LogP contribution is 2.36. The number of aromatic amines is 1. The maximum absolute atomic E-state index is 13.9. The van der Waals surface area contributed by atoms with Crippen molar-refractivity contribution >= 4 is 67.8 Å². The fourth-order valence-corrected chi connectivity index (χ4v) is 7.58. The van der Waals surface area contributed by atoms with Crippen LogP contribution in [0.4, 0.5) is 0 Å². The first-order chi connectivity index (χ1) is 21.2. The Balaban J connectivity index is 1.75. The van der Waals surface area contributed by atoms with Crippen molar-refractivity contribution in [2.75, 3.05) is 18.9 Å². The molecule has 1 aliphatic heterocycles. The number of carbonyl (C=O) groups excluding carboxylic acids is 5. The number of aliphatic carboxylic acids is 1. The number of esters is 1. The summed E-state index contributed by atoms with van der Waals surface area (Å²) in [5, 5.41) is 12.9. The van der Waals surface area contributed by atoms with Crippen molar-refractivity contribution in [3.63, 3.8) is 0 Å². The zero-order chi connectivity index (χ0) is 33.3. The number of ether oxygens (including phenoxy) is 1. The number of carboxylic acids is 1. The van der Waals surface area contributed by atoms with Crippen molar-refractivity contribution in [3.05, 3.63) is 36.0 Å². The average molecular weight is 662 g/mol. The molecule has 1 fully saturated rings. The van der Waals surface area contributed by atoms with Crippen LogP contribution in [-0.4, -0.2) is 86.0 Å². The van der Waals surface area contributed by atoms with Crippen LogP contribution in [0.1, 0.15) is 65.9 Å². The van der Waals surface area contributed by atoms with E-state index >= 15 is 0 Å². The average Bonchev–Trinajstić information content (AvgIpc) is 3.61. The minimum Gasteiger partial charge on any atom is -0.481 e. The first-order valence-electron chi connectivity index (χ1n) is 15.0. The standard InChI is InChI=1S/C32H43N3O8S2/c1-19(30(40)41)13-23(37)17-43-31(42)27-11-8-12-35(27)29(39)26(18-44-45-32(3,4)5)34-28(38)21(14-20(2)36)15-22-16-33-25-10-7-6-9-24(22)25/h6-7,9-10,16,19,21,26-27,33H,8,11-15,17-18H2,1-5H3,(H,34,38)(H,40,41)/t19-,21+,26+,27+/m1/s1. The van der Waals surface area contributed by atoms with E-state index in [1.165, 1.54) is 29.5 Å². The van der Waals surface area contributed by atoms with E-state index in [0.717, 1.165) is 16.5 Å². The largest absolute Gasteiger partial charge is 0.481 e. The lowest BCUT2D eigenvalue weighted by Crippen LogP contribution is -2.54. The lowest BCUT2D eigenvalue weighted by Gasteiger charge is -2.29. The number of nitrogens with zero attached hydrogens (tertiary/aromatic N) is 1. The molecule has 1 aromatic carbocycles. The molecule has 1 saturated heterocycles. The smallest absolute Gasteiger partial charge is 0.329 e. The second kappa shape index (κ2) is 16.3. The number of rotatable bonds is 16. The quantitative estimate of drug-likeness (QED) is 0.176. The molecule has 2 amide bonds. The van der Waals surface area contributed by atoms with E-state index < -0.39 is 60.1 Å². The van der Waals surface area contributed by atoms with Crippen LogP contribution in [0.15, 0.2) is 30.5 Å². The number of carbonyl (C=O) groups is 6.